The van der Waals surface area contributed by atoms with Gasteiger partial charge in [-0.2, -0.15) is 0 Å². The van der Waals surface area contributed by atoms with Gasteiger partial charge >= 0.3 is 0 Å². The summed E-state index contributed by atoms with van der Waals surface area (Å²) < 4.78 is 5.64. The highest BCUT2D eigenvalue weighted by molar-refractivity contribution is 7.17. The first kappa shape index (κ1) is 18.7. The lowest BCUT2D eigenvalue weighted by molar-refractivity contribution is -0.122. The van der Waals surface area contributed by atoms with E-state index in [9.17, 15) is 9.59 Å². The Morgan fingerprint density at radius 2 is 2.19 bits per heavy atom. The molecule has 0 unspecified atom stereocenters. The van der Waals surface area contributed by atoms with Crippen LogP contribution in [0.1, 0.15) is 41.1 Å². The molecule has 1 aliphatic carbocycles. The molecule has 0 radical (unpaired) electrons. The molecule has 2 aromatic rings. The van der Waals surface area contributed by atoms with Gasteiger partial charge in [-0.15, -0.1) is 11.3 Å². The highest BCUT2D eigenvalue weighted by Crippen LogP contribution is 2.39. The van der Waals surface area contributed by atoms with Crippen LogP contribution in [0.5, 0.6) is 5.75 Å². The fourth-order valence-corrected chi connectivity index (χ4v) is 4.71. The van der Waals surface area contributed by atoms with Crippen molar-refractivity contribution in [3.63, 3.8) is 0 Å². The van der Waals surface area contributed by atoms with Gasteiger partial charge in [0, 0.05) is 9.90 Å². The van der Waals surface area contributed by atoms with E-state index in [1.54, 1.807) is 31.2 Å². The van der Waals surface area contributed by atoms with E-state index < -0.39 is 12.0 Å². The molecule has 3 N–H and O–H groups in total. The number of benzene rings is 1. The van der Waals surface area contributed by atoms with Crippen molar-refractivity contribution in [1.82, 2.24) is 0 Å². The molecule has 1 aromatic carbocycles. The molecule has 0 aliphatic heterocycles. The number of primary amides is 1. The van der Waals surface area contributed by atoms with Crippen molar-refractivity contribution in [2.24, 2.45) is 11.7 Å². The summed E-state index contributed by atoms with van der Waals surface area (Å²) in [6.45, 7) is 3.83. The normalized spacial score (nSPS) is 17.3. The number of amides is 2. The summed E-state index contributed by atoms with van der Waals surface area (Å²) in [6.07, 6.45) is 2.00. The number of nitrogens with one attached hydrogen (secondary N) is 1. The van der Waals surface area contributed by atoms with Crippen molar-refractivity contribution in [3.8, 4) is 5.75 Å². The van der Waals surface area contributed by atoms with E-state index >= 15 is 0 Å². The smallest absolute Gasteiger partial charge is 0.265 e. The van der Waals surface area contributed by atoms with Crippen molar-refractivity contribution in [2.75, 3.05) is 5.32 Å². The molecule has 5 nitrogen and oxygen atoms in total. The van der Waals surface area contributed by atoms with Crippen LogP contribution in [0, 0.1) is 5.92 Å². The minimum Gasteiger partial charge on any atom is -0.481 e. The van der Waals surface area contributed by atoms with Crippen LogP contribution in [0.4, 0.5) is 5.00 Å². The lowest BCUT2D eigenvalue weighted by Gasteiger charge is -2.18. The van der Waals surface area contributed by atoms with Crippen LogP contribution in [-0.2, 0) is 17.6 Å². The molecule has 0 bridgehead atoms. The number of rotatable bonds is 5. The summed E-state index contributed by atoms with van der Waals surface area (Å²) in [6, 6.07) is 6.86. The predicted octanol–water partition coefficient (Wildman–Crippen LogP) is 4.03. The van der Waals surface area contributed by atoms with Gasteiger partial charge in [-0.3, -0.25) is 9.59 Å². The van der Waals surface area contributed by atoms with E-state index in [4.69, 9.17) is 22.1 Å². The van der Waals surface area contributed by atoms with E-state index in [2.05, 4.69) is 12.2 Å². The monoisotopic (exact) mass is 392 g/mol. The van der Waals surface area contributed by atoms with Gasteiger partial charge in [-0.05, 0) is 55.9 Å². The van der Waals surface area contributed by atoms with Gasteiger partial charge in [0.15, 0.2) is 6.10 Å². The van der Waals surface area contributed by atoms with Gasteiger partial charge in [0.2, 0.25) is 0 Å². The molecule has 138 valence electrons. The number of nitrogens with two attached hydrogens (primary N) is 1. The molecule has 0 spiro atoms. The van der Waals surface area contributed by atoms with Crippen molar-refractivity contribution in [1.29, 1.82) is 0 Å². The molecule has 7 heteroatoms. The number of fused-ring (bicyclic) bond motifs is 1. The number of thiophene rings is 1. The Balaban J connectivity index is 1.77. The maximum Gasteiger partial charge on any atom is 0.265 e. The average Bonchev–Trinajstić information content (AvgIpc) is 2.91. The van der Waals surface area contributed by atoms with E-state index in [0.717, 1.165) is 29.7 Å². The zero-order valence-corrected chi connectivity index (χ0v) is 16.2. The topological polar surface area (TPSA) is 81.4 Å². The van der Waals surface area contributed by atoms with Crippen molar-refractivity contribution in [3.05, 3.63) is 45.3 Å². The molecule has 2 amide bonds. The van der Waals surface area contributed by atoms with Gasteiger partial charge in [-0.1, -0.05) is 24.6 Å². The van der Waals surface area contributed by atoms with Crippen LogP contribution in [-0.4, -0.2) is 17.9 Å². The van der Waals surface area contributed by atoms with Crippen LogP contribution in [0.15, 0.2) is 24.3 Å². The first-order valence-corrected chi connectivity index (χ1v) is 9.72. The fourth-order valence-electron chi connectivity index (χ4n) is 3.11. The number of carbonyl (C=O) groups is 2. The summed E-state index contributed by atoms with van der Waals surface area (Å²) in [5.74, 6) is 0.236. The minimum atomic E-state index is -0.743. The quantitative estimate of drug-likeness (QED) is 0.805. The lowest BCUT2D eigenvalue weighted by Crippen LogP contribution is -2.30. The SMILES string of the molecule is C[C@H]1CCc2c(sc(NC(=O)[C@H](C)Oc3cccc(Cl)c3)c2C(N)=O)C1. The second kappa shape index (κ2) is 7.68. The molecule has 1 aliphatic rings. The molecule has 0 fully saturated rings. The Morgan fingerprint density at radius 3 is 2.88 bits per heavy atom. The molecule has 1 heterocycles. The number of anilines is 1. The molecule has 0 saturated heterocycles. The van der Waals surface area contributed by atoms with Crippen LogP contribution in [0.25, 0.3) is 0 Å². The standard InChI is InChI=1S/C19H21ClN2O3S/c1-10-6-7-14-15(8-10)26-19(16(14)17(21)23)22-18(24)11(2)25-13-5-3-4-12(20)9-13/h3-5,9-11H,6-8H2,1-2H3,(H2,21,23)(H,22,24)/t10-,11-/m0/s1. The maximum atomic E-state index is 12.5. The molecule has 0 saturated carbocycles. The van der Waals surface area contributed by atoms with Crippen LogP contribution in [0.2, 0.25) is 5.02 Å². The third-order valence-electron chi connectivity index (χ3n) is 4.47. The van der Waals surface area contributed by atoms with Crippen LogP contribution < -0.4 is 15.8 Å². The molecule has 1 aromatic heterocycles. The summed E-state index contributed by atoms with van der Waals surface area (Å²) >= 11 is 7.37. The van der Waals surface area contributed by atoms with Gasteiger partial charge in [0.25, 0.3) is 11.8 Å². The minimum absolute atomic E-state index is 0.334. The zero-order valence-electron chi connectivity index (χ0n) is 14.7. The molecule has 3 rings (SSSR count). The Bertz CT molecular complexity index is 849. The van der Waals surface area contributed by atoms with E-state index in [1.807, 2.05) is 0 Å². The van der Waals surface area contributed by atoms with Crippen molar-refractivity contribution >= 4 is 39.8 Å². The molecular weight excluding hydrogens is 372 g/mol. The van der Waals surface area contributed by atoms with Crippen molar-refractivity contribution < 1.29 is 14.3 Å². The molecule has 2 atom stereocenters. The Hall–Kier alpha value is -2.05. The average molecular weight is 393 g/mol. The first-order valence-electron chi connectivity index (χ1n) is 8.52. The predicted molar refractivity (Wildman–Crippen MR) is 104 cm³/mol. The second-order valence-electron chi connectivity index (χ2n) is 6.63. The van der Waals surface area contributed by atoms with Gasteiger partial charge < -0.3 is 15.8 Å². The fraction of sp³-hybridized carbons (Fsp3) is 0.368. The van der Waals surface area contributed by atoms with Crippen LogP contribution >= 0.6 is 22.9 Å². The number of halogens is 1. The second-order valence-corrected chi connectivity index (χ2v) is 8.17. The highest BCUT2D eigenvalue weighted by Gasteiger charge is 2.28. The Morgan fingerprint density at radius 1 is 1.42 bits per heavy atom. The maximum absolute atomic E-state index is 12.5. The Kier molecular flexibility index (Phi) is 5.53. The van der Waals surface area contributed by atoms with Crippen molar-refractivity contribution in [2.45, 2.75) is 39.2 Å². The highest BCUT2D eigenvalue weighted by atomic mass is 35.5. The van der Waals surface area contributed by atoms with E-state index in [1.165, 1.54) is 11.3 Å². The largest absolute Gasteiger partial charge is 0.481 e. The number of ether oxygens (including phenoxy) is 1. The van der Waals surface area contributed by atoms with Crippen LogP contribution in [0.3, 0.4) is 0 Å². The van der Waals surface area contributed by atoms with E-state index in [0.29, 0.717) is 27.3 Å². The summed E-state index contributed by atoms with van der Waals surface area (Å²) in [7, 11) is 0. The third-order valence-corrected chi connectivity index (χ3v) is 5.88. The molecular formula is C19H21ClN2O3S. The number of hydrogen-bond acceptors (Lipinski definition) is 4. The third kappa shape index (κ3) is 4.02. The van der Waals surface area contributed by atoms with Gasteiger partial charge in [-0.25, -0.2) is 0 Å². The summed E-state index contributed by atoms with van der Waals surface area (Å²) in [5, 5.41) is 3.87. The summed E-state index contributed by atoms with van der Waals surface area (Å²) in [4.78, 5) is 25.6. The number of hydrogen-bond donors (Lipinski definition) is 2. The van der Waals surface area contributed by atoms with E-state index in [-0.39, 0.29) is 5.91 Å². The first-order chi connectivity index (χ1) is 12.3. The Labute approximate surface area is 161 Å². The van der Waals surface area contributed by atoms with Gasteiger partial charge in [0.05, 0.1) is 5.56 Å². The van der Waals surface area contributed by atoms with Gasteiger partial charge in [0.1, 0.15) is 10.8 Å². The zero-order chi connectivity index (χ0) is 18.8. The summed E-state index contributed by atoms with van der Waals surface area (Å²) in [5.41, 5.74) is 7.01. The molecule has 26 heavy (non-hydrogen) atoms. The lowest BCUT2D eigenvalue weighted by atomic mass is 9.88. The number of carbonyl (C=O) groups excluding carboxylic acids is 2.